The van der Waals surface area contributed by atoms with Gasteiger partial charge in [0, 0.05) is 29.6 Å². The molecule has 0 spiro atoms. The predicted octanol–water partition coefficient (Wildman–Crippen LogP) is 3.89. The van der Waals surface area contributed by atoms with Crippen molar-refractivity contribution in [2.45, 2.75) is 12.3 Å². The van der Waals surface area contributed by atoms with Gasteiger partial charge in [-0.2, -0.15) is 0 Å². The number of aromatic amines is 1. The lowest BCUT2D eigenvalue weighted by atomic mass is 9.89. The van der Waals surface area contributed by atoms with Crippen molar-refractivity contribution in [3.8, 4) is 0 Å². The molecule has 4 rings (SSSR count). The summed E-state index contributed by atoms with van der Waals surface area (Å²) in [5, 5.41) is 4.25. The van der Waals surface area contributed by atoms with Crippen LogP contribution >= 0.6 is 12.6 Å². The minimum atomic E-state index is -0.226. The highest BCUT2D eigenvalue weighted by Crippen LogP contribution is 2.36. The molecule has 1 aliphatic heterocycles. The molecule has 24 heavy (non-hydrogen) atoms. The SMILES string of the molecule is O=C(S)C1=CNCC(Cc2ccccc2)c2c1[nH]c1ccccc21. The fraction of sp³-hybridized carbons (Fsp3) is 0.150. The van der Waals surface area contributed by atoms with Crippen LogP contribution < -0.4 is 5.32 Å². The monoisotopic (exact) mass is 334 g/mol. The molecule has 3 nitrogen and oxygen atoms in total. The van der Waals surface area contributed by atoms with Crippen molar-refractivity contribution in [2.24, 2.45) is 0 Å². The van der Waals surface area contributed by atoms with Crippen molar-refractivity contribution in [3.05, 3.63) is 77.6 Å². The van der Waals surface area contributed by atoms with Crippen LogP contribution in [0.2, 0.25) is 0 Å². The van der Waals surface area contributed by atoms with Crippen LogP contribution in [0.15, 0.2) is 60.8 Å². The van der Waals surface area contributed by atoms with Crippen molar-refractivity contribution >= 4 is 34.2 Å². The molecular formula is C20H18N2OS. The van der Waals surface area contributed by atoms with E-state index in [0.717, 1.165) is 24.2 Å². The van der Waals surface area contributed by atoms with Gasteiger partial charge in [-0.3, -0.25) is 4.79 Å². The Hall–Kier alpha value is -2.46. The number of fused-ring (bicyclic) bond motifs is 3. The van der Waals surface area contributed by atoms with E-state index in [4.69, 9.17) is 0 Å². The van der Waals surface area contributed by atoms with Crippen LogP contribution in [0.3, 0.4) is 0 Å². The van der Waals surface area contributed by atoms with E-state index in [-0.39, 0.29) is 11.0 Å². The van der Waals surface area contributed by atoms with Crippen molar-refractivity contribution in [2.75, 3.05) is 6.54 Å². The molecule has 0 fully saturated rings. The van der Waals surface area contributed by atoms with Crippen LogP contribution in [-0.2, 0) is 11.2 Å². The number of nitrogens with one attached hydrogen (secondary N) is 2. The molecule has 4 heteroatoms. The normalized spacial score (nSPS) is 16.9. The Labute approximate surface area is 146 Å². The van der Waals surface area contributed by atoms with Crippen molar-refractivity contribution in [3.63, 3.8) is 0 Å². The Balaban J connectivity index is 1.87. The standard InChI is InChI=1S/C20H18N2OS/c23-20(24)16-12-21-11-14(10-13-6-2-1-3-7-13)18-15-8-4-5-9-17(15)22-19(16)18/h1-9,12,14,21-22H,10-11H2,(H,23,24). The average molecular weight is 334 g/mol. The van der Waals surface area contributed by atoms with Gasteiger partial charge in [-0.15, -0.1) is 12.6 Å². The molecule has 0 radical (unpaired) electrons. The highest BCUT2D eigenvalue weighted by Gasteiger charge is 2.26. The van der Waals surface area contributed by atoms with Gasteiger partial charge in [0.05, 0.1) is 11.3 Å². The van der Waals surface area contributed by atoms with Gasteiger partial charge in [0.25, 0.3) is 0 Å². The van der Waals surface area contributed by atoms with Gasteiger partial charge >= 0.3 is 0 Å². The third-order valence-corrected chi connectivity index (χ3v) is 4.83. The molecule has 2 aromatic carbocycles. The van der Waals surface area contributed by atoms with Gasteiger partial charge < -0.3 is 10.3 Å². The topological polar surface area (TPSA) is 44.9 Å². The van der Waals surface area contributed by atoms with Gasteiger partial charge in [-0.25, -0.2) is 0 Å². The van der Waals surface area contributed by atoms with E-state index in [1.807, 2.05) is 18.2 Å². The number of H-pyrrole nitrogens is 1. The summed E-state index contributed by atoms with van der Waals surface area (Å²) in [5.41, 5.74) is 5.04. The summed E-state index contributed by atoms with van der Waals surface area (Å²) in [6.07, 6.45) is 2.71. The molecule has 0 saturated carbocycles. The maximum absolute atomic E-state index is 12.0. The van der Waals surface area contributed by atoms with E-state index in [0.29, 0.717) is 5.57 Å². The van der Waals surface area contributed by atoms with Crippen LogP contribution in [0.5, 0.6) is 0 Å². The number of hydrogen-bond acceptors (Lipinski definition) is 2. The lowest BCUT2D eigenvalue weighted by Gasteiger charge is -2.16. The molecule has 120 valence electrons. The molecule has 3 aromatic rings. The van der Waals surface area contributed by atoms with Crippen LogP contribution in [0.4, 0.5) is 0 Å². The Morgan fingerprint density at radius 1 is 1.08 bits per heavy atom. The van der Waals surface area contributed by atoms with Gasteiger partial charge in [-0.05, 0) is 23.6 Å². The maximum Gasteiger partial charge on any atom is 0.219 e. The highest BCUT2D eigenvalue weighted by molar-refractivity contribution is 7.98. The number of rotatable bonds is 3. The Morgan fingerprint density at radius 3 is 2.62 bits per heavy atom. The zero-order valence-electron chi connectivity index (χ0n) is 13.1. The zero-order chi connectivity index (χ0) is 16.5. The largest absolute Gasteiger partial charge is 0.390 e. The van der Waals surface area contributed by atoms with Gasteiger partial charge in [0.2, 0.25) is 5.12 Å². The van der Waals surface area contributed by atoms with Crippen LogP contribution in [0.1, 0.15) is 22.7 Å². The Kier molecular flexibility index (Phi) is 3.90. The van der Waals surface area contributed by atoms with Gasteiger partial charge in [-0.1, -0.05) is 48.5 Å². The van der Waals surface area contributed by atoms with Crippen LogP contribution in [-0.4, -0.2) is 16.6 Å². The first-order valence-electron chi connectivity index (χ1n) is 8.06. The lowest BCUT2D eigenvalue weighted by Crippen LogP contribution is -2.17. The first-order valence-corrected chi connectivity index (χ1v) is 8.50. The summed E-state index contributed by atoms with van der Waals surface area (Å²) in [6, 6.07) is 18.7. The minimum Gasteiger partial charge on any atom is -0.390 e. The lowest BCUT2D eigenvalue weighted by molar-refractivity contribution is -0.106. The summed E-state index contributed by atoms with van der Waals surface area (Å²) < 4.78 is 0. The van der Waals surface area contributed by atoms with E-state index >= 15 is 0 Å². The summed E-state index contributed by atoms with van der Waals surface area (Å²) >= 11 is 4.06. The number of carbonyl (C=O) groups excluding carboxylic acids is 1. The highest BCUT2D eigenvalue weighted by atomic mass is 32.1. The first-order chi connectivity index (χ1) is 11.7. The molecule has 1 aliphatic rings. The minimum absolute atomic E-state index is 0.226. The fourth-order valence-corrected chi connectivity index (χ4v) is 3.70. The summed E-state index contributed by atoms with van der Waals surface area (Å²) in [6.45, 7) is 0.786. The fourth-order valence-electron chi connectivity index (χ4n) is 3.52. The number of aromatic nitrogens is 1. The molecule has 2 heterocycles. The molecule has 2 N–H and O–H groups in total. The Morgan fingerprint density at radius 2 is 1.83 bits per heavy atom. The summed E-state index contributed by atoms with van der Waals surface area (Å²) in [4.78, 5) is 15.4. The second-order valence-corrected chi connectivity index (χ2v) is 6.52. The number of para-hydroxylation sites is 1. The zero-order valence-corrected chi connectivity index (χ0v) is 14.0. The van der Waals surface area contributed by atoms with E-state index in [2.05, 4.69) is 59.3 Å². The van der Waals surface area contributed by atoms with E-state index in [1.54, 1.807) is 6.20 Å². The van der Waals surface area contributed by atoms with Crippen molar-refractivity contribution in [1.29, 1.82) is 0 Å². The van der Waals surface area contributed by atoms with Crippen LogP contribution in [0, 0.1) is 0 Å². The third kappa shape index (κ3) is 2.63. The second kappa shape index (κ2) is 6.21. The van der Waals surface area contributed by atoms with Crippen molar-refractivity contribution < 1.29 is 4.79 Å². The third-order valence-electron chi connectivity index (χ3n) is 4.59. The average Bonchev–Trinajstić information content (AvgIpc) is 2.88. The van der Waals surface area contributed by atoms with Crippen LogP contribution in [0.25, 0.3) is 16.5 Å². The molecule has 0 bridgehead atoms. The van der Waals surface area contributed by atoms with Crippen molar-refractivity contribution in [1.82, 2.24) is 10.3 Å². The molecule has 0 aliphatic carbocycles. The molecule has 0 amide bonds. The number of carbonyl (C=O) groups is 1. The molecular weight excluding hydrogens is 316 g/mol. The quantitative estimate of drug-likeness (QED) is 0.636. The second-order valence-electron chi connectivity index (χ2n) is 6.12. The summed E-state index contributed by atoms with van der Waals surface area (Å²) in [5.74, 6) is 0.278. The number of benzene rings is 2. The molecule has 1 unspecified atom stereocenters. The number of thiol groups is 1. The van der Waals surface area contributed by atoms with E-state index in [1.165, 1.54) is 16.5 Å². The predicted molar refractivity (Wildman–Crippen MR) is 101 cm³/mol. The van der Waals surface area contributed by atoms with E-state index < -0.39 is 0 Å². The van der Waals surface area contributed by atoms with Gasteiger partial charge in [0.15, 0.2) is 0 Å². The molecule has 1 aromatic heterocycles. The molecule has 0 saturated heterocycles. The van der Waals surface area contributed by atoms with Gasteiger partial charge in [0.1, 0.15) is 0 Å². The Bertz CT molecular complexity index is 927. The smallest absolute Gasteiger partial charge is 0.219 e. The first kappa shape index (κ1) is 15.1. The maximum atomic E-state index is 12.0. The number of hydrogen-bond donors (Lipinski definition) is 3. The molecule has 1 atom stereocenters. The van der Waals surface area contributed by atoms with E-state index in [9.17, 15) is 4.79 Å². The summed E-state index contributed by atoms with van der Waals surface area (Å²) in [7, 11) is 0.